The van der Waals surface area contributed by atoms with Gasteiger partial charge in [-0.3, -0.25) is 4.79 Å². The molecule has 1 aromatic rings. The van der Waals surface area contributed by atoms with Crippen molar-refractivity contribution in [2.45, 2.75) is 17.7 Å². The number of hydrogen-bond donors (Lipinski definition) is 1. The molecule has 4 heteroatoms. The van der Waals surface area contributed by atoms with Gasteiger partial charge in [-0.15, -0.1) is 11.8 Å². The maximum Gasteiger partial charge on any atom is 0.255 e. The number of ether oxygens (including phenoxy) is 1. The van der Waals surface area contributed by atoms with Crippen LogP contribution in [0.3, 0.4) is 0 Å². The van der Waals surface area contributed by atoms with Crippen molar-refractivity contribution in [3.63, 3.8) is 0 Å². The van der Waals surface area contributed by atoms with Crippen LogP contribution in [0.25, 0.3) is 0 Å². The van der Waals surface area contributed by atoms with Crippen LogP contribution in [0.15, 0.2) is 23.1 Å². The van der Waals surface area contributed by atoms with E-state index in [1.54, 1.807) is 18.9 Å². The van der Waals surface area contributed by atoms with Gasteiger partial charge in [-0.25, -0.2) is 0 Å². The largest absolute Gasteiger partial charge is 0.496 e. The average Bonchev–Trinajstić information content (AvgIpc) is 3.19. The molecule has 0 radical (unpaired) electrons. The molecule has 1 aromatic carbocycles. The first-order valence-electron chi connectivity index (χ1n) is 5.75. The van der Waals surface area contributed by atoms with E-state index in [4.69, 9.17) is 4.74 Å². The molecule has 0 spiro atoms. The molecule has 1 N–H and O–H groups in total. The second kappa shape index (κ2) is 5.45. The van der Waals surface area contributed by atoms with Crippen molar-refractivity contribution < 1.29 is 9.53 Å². The number of benzene rings is 1. The molecule has 1 amide bonds. The summed E-state index contributed by atoms with van der Waals surface area (Å²) in [5.74, 6) is 1.29. The summed E-state index contributed by atoms with van der Waals surface area (Å²) in [6, 6.07) is 5.67. The van der Waals surface area contributed by atoms with Gasteiger partial charge >= 0.3 is 0 Å². The SMILES string of the molecule is COc1cc(SC)ccc1C(=O)NCC1CC1. The van der Waals surface area contributed by atoms with E-state index in [2.05, 4.69) is 5.32 Å². The lowest BCUT2D eigenvalue weighted by Gasteiger charge is -2.10. The molecule has 92 valence electrons. The van der Waals surface area contributed by atoms with E-state index in [1.165, 1.54) is 12.8 Å². The van der Waals surface area contributed by atoms with Gasteiger partial charge in [0.05, 0.1) is 12.7 Å². The number of carbonyl (C=O) groups is 1. The molecule has 17 heavy (non-hydrogen) atoms. The monoisotopic (exact) mass is 251 g/mol. The quantitative estimate of drug-likeness (QED) is 0.817. The first-order valence-corrected chi connectivity index (χ1v) is 6.97. The van der Waals surface area contributed by atoms with Crippen LogP contribution < -0.4 is 10.1 Å². The fourth-order valence-corrected chi connectivity index (χ4v) is 2.07. The lowest BCUT2D eigenvalue weighted by Crippen LogP contribution is -2.25. The summed E-state index contributed by atoms with van der Waals surface area (Å²) in [6.07, 6.45) is 4.48. The lowest BCUT2D eigenvalue weighted by atomic mass is 10.2. The van der Waals surface area contributed by atoms with E-state index in [0.29, 0.717) is 17.2 Å². The summed E-state index contributed by atoms with van der Waals surface area (Å²) in [5, 5.41) is 2.95. The Morgan fingerprint density at radius 3 is 2.88 bits per heavy atom. The van der Waals surface area contributed by atoms with E-state index in [1.807, 2.05) is 24.5 Å². The molecule has 2 rings (SSSR count). The zero-order valence-electron chi connectivity index (χ0n) is 10.2. The lowest BCUT2D eigenvalue weighted by molar-refractivity contribution is 0.0948. The Morgan fingerprint density at radius 2 is 2.29 bits per heavy atom. The van der Waals surface area contributed by atoms with Crippen molar-refractivity contribution in [2.75, 3.05) is 19.9 Å². The first kappa shape index (κ1) is 12.3. The van der Waals surface area contributed by atoms with Crippen LogP contribution in [0.1, 0.15) is 23.2 Å². The Bertz CT molecular complexity index is 416. The molecule has 1 saturated carbocycles. The van der Waals surface area contributed by atoms with Gasteiger partial charge in [0.1, 0.15) is 5.75 Å². The predicted octanol–water partition coefficient (Wildman–Crippen LogP) is 2.56. The molecule has 1 aliphatic carbocycles. The smallest absolute Gasteiger partial charge is 0.255 e. The normalized spacial score (nSPS) is 14.5. The van der Waals surface area contributed by atoms with Gasteiger partial charge in [-0.1, -0.05) is 0 Å². The van der Waals surface area contributed by atoms with Crippen molar-refractivity contribution in [1.29, 1.82) is 0 Å². The van der Waals surface area contributed by atoms with E-state index in [0.717, 1.165) is 11.4 Å². The summed E-state index contributed by atoms with van der Waals surface area (Å²) in [5.41, 5.74) is 0.617. The van der Waals surface area contributed by atoms with Crippen LogP contribution in [-0.2, 0) is 0 Å². The molecule has 0 atom stereocenters. The Balaban J connectivity index is 2.09. The standard InChI is InChI=1S/C13H17NO2S/c1-16-12-7-10(17-2)5-6-11(12)13(15)14-8-9-3-4-9/h5-7,9H,3-4,8H2,1-2H3,(H,14,15). The fourth-order valence-electron chi connectivity index (χ4n) is 1.64. The highest BCUT2D eigenvalue weighted by Gasteiger charge is 2.22. The van der Waals surface area contributed by atoms with Crippen LogP contribution in [0.4, 0.5) is 0 Å². The molecule has 1 fully saturated rings. The molecule has 0 bridgehead atoms. The number of rotatable bonds is 5. The highest BCUT2D eigenvalue weighted by Crippen LogP contribution is 2.28. The predicted molar refractivity (Wildman–Crippen MR) is 69.8 cm³/mol. The fraction of sp³-hybridized carbons (Fsp3) is 0.462. The van der Waals surface area contributed by atoms with Crippen LogP contribution in [0, 0.1) is 5.92 Å². The Kier molecular flexibility index (Phi) is 3.94. The summed E-state index contributed by atoms with van der Waals surface area (Å²) < 4.78 is 5.26. The summed E-state index contributed by atoms with van der Waals surface area (Å²) in [7, 11) is 1.59. The van der Waals surface area contributed by atoms with Gasteiger partial charge in [0, 0.05) is 11.4 Å². The third-order valence-electron chi connectivity index (χ3n) is 2.90. The van der Waals surface area contributed by atoms with Crippen LogP contribution in [0.2, 0.25) is 0 Å². The third-order valence-corrected chi connectivity index (χ3v) is 3.63. The number of thioether (sulfide) groups is 1. The van der Waals surface area contributed by atoms with E-state index in [-0.39, 0.29) is 5.91 Å². The molecular formula is C13H17NO2S. The Labute approximate surface area is 106 Å². The topological polar surface area (TPSA) is 38.3 Å². The molecule has 1 aliphatic rings. The number of carbonyl (C=O) groups excluding carboxylic acids is 1. The second-order valence-electron chi connectivity index (χ2n) is 4.22. The highest BCUT2D eigenvalue weighted by atomic mass is 32.2. The van der Waals surface area contributed by atoms with Crippen molar-refractivity contribution in [3.05, 3.63) is 23.8 Å². The van der Waals surface area contributed by atoms with Gasteiger partial charge in [0.15, 0.2) is 0 Å². The van der Waals surface area contributed by atoms with E-state index in [9.17, 15) is 4.79 Å². The summed E-state index contributed by atoms with van der Waals surface area (Å²) in [4.78, 5) is 13.1. The molecule has 3 nitrogen and oxygen atoms in total. The van der Waals surface area contributed by atoms with Gasteiger partial charge in [0.25, 0.3) is 5.91 Å². The first-order chi connectivity index (χ1) is 8.24. The van der Waals surface area contributed by atoms with Gasteiger partial charge in [0.2, 0.25) is 0 Å². The van der Waals surface area contributed by atoms with Crippen molar-refractivity contribution in [1.82, 2.24) is 5.32 Å². The molecule has 0 aliphatic heterocycles. The Morgan fingerprint density at radius 1 is 1.53 bits per heavy atom. The zero-order valence-corrected chi connectivity index (χ0v) is 11.0. The number of nitrogens with one attached hydrogen (secondary N) is 1. The highest BCUT2D eigenvalue weighted by molar-refractivity contribution is 7.98. The molecular weight excluding hydrogens is 234 g/mol. The molecule has 0 unspecified atom stereocenters. The molecule has 0 saturated heterocycles. The summed E-state index contributed by atoms with van der Waals surface area (Å²) >= 11 is 1.64. The van der Waals surface area contributed by atoms with Crippen molar-refractivity contribution in [3.8, 4) is 5.75 Å². The minimum Gasteiger partial charge on any atom is -0.496 e. The molecule has 0 heterocycles. The number of methoxy groups -OCH3 is 1. The zero-order chi connectivity index (χ0) is 12.3. The minimum absolute atomic E-state index is 0.0404. The van der Waals surface area contributed by atoms with Crippen LogP contribution >= 0.6 is 11.8 Å². The van der Waals surface area contributed by atoms with Crippen LogP contribution in [-0.4, -0.2) is 25.8 Å². The third kappa shape index (κ3) is 3.16. The minimum atomic E-state index is -0.0404. The van der Waals surface area contributed by atoms with E-state index < -0.39 is 0 Å². The van der Waals surface area contributed by atoms with Crippen LogP contribution in [0.5, 0.6) is 5.75 Å². The number of amides is 1. The second-order valence-corrected chi connectivity index (χ2v) is 5.10. The van der Waals surface area contributed by atoms with Gasteiger partial charge in [-0.2, -0.15) is 0 Å². The van der Waals surface area contributed by atoms with Gasteiger partial charge < -0.3 is 10.1 Å². The summed E-state index contributed by atoms with van der Waals surface area (Å²) in [6.45, 7) is 0.784. The Hall–Kier alpha value is -1.16. The number of hydrogen-bond acceptors (Lipinski definition) is 3. The van der Waals surface area contributed by atoms with Crippen molar-refractivity contribution in [2.24, 2.45) is 5.92 Å². The van der Waals surface area contributed by atoms with E-state index >= 15 is 0 Å². The van der Waals surface area contributed by atoms with Gasteiger partial charge in [-0.05, 0) is 43.2 Å². The maximum atomic E-state index is 12.0. The average molecular weight is 251 g/mol. The van der Waals surface area contributed by atoms with Crippen molar-refractivity contribution >= 4 is 17.7 Å². The molecule has 0 aromatic heterocycles. The maximum absolute atomic E-state index is 12.0.